The molecule has 2 aromatic carbocycles. The van der Waals surface area contributed by atoms with Crippen molar-refractivity contribution in [2.24, 2.45) is 0 Å². The second-order valence-electron chi connectivity index (χ2n) is 9.44. The van der Waals surface area contributed by atoms with E-state index in [1.54, 1.807) is 12.3 Å². The lowest BCUT2D eigenvalue weighted by Gasteiger charge is -2.31. The predicted molar refractivity (Wildman–Crippen MR) is 142 cm³/mol. The monoisotopic (exact) mass is 543 g/mol. The topological polar surface area (TPSA) is 97.8 Å². The molecule has 202 valence electrons. The van der Waals surface area contributed by atoms with Crippen molar-refractivity contribution in [1.82, 2.24) is 20.2 Å². The lowest BCUT2D eigenvalue weighted by atomic mass is 9.93. The number of rotatable bonds is 9. The fourth-order valence-electron chi connectivity index (χ4n) is 4.72. The molecule has 1 amide bonds. The minimum Gasteiger partial charge on any atom is -0.487 e. The van der Waals surface area contributed by atoms with Crippen LogP contribution in [0.25, 0.3) is 10.9 Å². The van der Waals surface area contributed by atoms with Crippen molar-refractivity contribution in [1.29, 1.82) is 0 Å². The number of ether oxygens (including phenoxy) is 3. The number of fused-ring (bicyclic) bond motifs is 1. The average molecular weight is 544 g/mol. The van der Waals surface area contributed by atoms with Gasteiger partial charge in [0.1, 0.15) is 12.1 Å². The van der Waals surface area contributed by atoms with Gasteiger partial charge < -0.3 is 29.7 Å². The summed E-state index contributed by atoms with van der Waals surface area (Å²) < 4.78 is 31.2. The third-order valence-corrected chi connectivity index (χ3v) is 7.16. The van der Waals surface area contributed by atoms with Crippen LogP contribution < -0.4 is 20.1 Å². The summed E-state index contributed by atoms with van der Waals surface area (Å²) in [6, 6.07) is 8.41. The zero-order valence-electron chi connectivity index (χ0n) is 21.0. The van der Waals surface area contributed by atoms with E-state index in [0.717, 1.165) is 36.6 Å². The normalized spacial score (nSPS) is 19.8. The molecule has 9 nitrogen and oxygen atoms in total. The molecule has 0 spiro atoms. The fourth-order valence-corrected chi connectivity index (χ4v) is 4.90. The Kier molecular flexibility index (Phi) is 8.72. The van der Waals surface area contributed by atoms with Crippen LogP contribution >= 0.6 is 11.6 Å². The Morgan fingerprint density at radius 2 is 1.95 bits per heavy atom. The summed E-state index contributed by atoms with van der Waals surface area (Å²) in [6.45, 7) is 3.02. The first-order valence-corrected chi connectivity index (χ1v) is 13.2. The van der Waals surface area contributed by atoms with Gasteiger partial charge in [0.15, 0.2) is 18.2 Å². The molecule has 1 aliphatic carbocycles. The van der Waals surface area contributed by atoms with E-state index < -0.39 is 5.82 Å². The van der Waals surface area contributed by atoms with Crippen LogP contribution in [0.15, 0.2) is 42.9 Å². The van der Waals surface area contributed by atoms with Gasteiger partial charge in [0.25, 0.3) is 0 Å². The molecule has 3 aromatic rings. The second-order valence-corrected chi connectivity index (χ2v) is 9.85. The van der Waals surface area contributed by atoms with E-state index >= 15 is 0 Å². The zero-order chi connectivity index (χ0) is 26.3. The maximum absolute atomic E-state index is 13.4. The first-order chi connectivity index (χ1) is 18.5. The molecule has 38 heavy (non-hydrogen) atoms. The molecule has 1 aliphatic heterocycles. The molecule has 0 bridgehead atoms. The Morgan fingerprint density at radius 1 is 1.13 bits per heavy atom. The first kappa shape index (κ1) is 26.4. The summed E-state index contributed by atoms with van der Waals surface area (Å²) in [4.78, 5) is 22.7. The smallest absolute Gasteiger partial charge is 0.236 e. The molecule has 2 heterocycles. The van der Waals surface area contributed by atoms with Crippen molar-refractivity contribution in [2.45, 2.75) is 37.8 Å². The quantitative estimate of drug-likeness (QED) is 0.391. The van der Waals surface area contributed by atoms with Crippen molar-refractivity contribution in [2.75, 3.05) is 44.9 Å². The Labute approximate surface area is 225 Å². The van der Waals surface area contributed by atoms with E-state index in [9.17, 15) is 9.18 Å². The first-order valence-electron chi connectivity index (χ1n) is 12.9. The van der Waals surface area contributed by atoms with Crippen molar-refractivity contribution < 1.29 is 23.4 Å². The minimum absolute atomic E-state index is 0.0243. The van der Waals surface area contributed by atoms with Gasteiger partial charge in [-0.3, -0.25) is 4.79 Å². The summed E-state index contributed by atoms with van der Waals surface area (Å²) in [6.07, 6.45) is 6.81. The van der Waals surface area contributed by atoms with Gasteiger partial charge in [0.2, 0.25) is 5.91 Å². The van der Waals surface area contributed by atoms with Crippen molar-refractivity contribution in [3.63, 3.8) is 0 Å². The molecule has 2 fully saturated rings. The number of hydrogen-bond acceptors (Lipinski definition) is 8. The molecule has 0 atom stereocenters. The summed E-state index contributed by atoms with van der Waals surface area (Å²) in [5, 5.41) is 7.40. The highest BCUT2D eigenvalue weighted by Gasteiger charge is 2.25. The van der Waals surface area contributed by atoms with Gasteiger partial charge in [-0.05, 0) is 49.9 Å². The van der Waals surface area contributed by atoms with Crippen LogP contribution in [0, 0.1) is 5.82 Å². The van der Waals surface area contributed by atoms with Gasteiger partial charge in [0.05, 0.1) is 36.4 Å². The lowest BCUT2D eigenvalue weighted by Crippen LogP contribution is -2.47. The van der Waals surface area contributed by atoms with Gasteiger partial charge in [-0.25, -0.2) is 14.4 Å². The molecule has 11 heteroatoms. The summed E-state index contributed by atoms with van der Waals surface area (Å²) in [5.41, 5.74) is 1.38. The highest BCUT2D eigenvalue weighted by Crippen LogP contribution is 2.34. The van der Waals surface area contributed by atoms with Crippen LogP contribution in [-0.4, -0.2) is 72.5 Å². The maximum Gasteiger partial charge on any atom is 0.236 e. The van der Waals surface area contributed by atoms with E-state index in [4.69, 9.17) is 25.8 Å². The van der Waals surface area contributed by atoms with Gasteiger partial charge in [-0.1, -0.05) is 11.6 Å². The van der Waals surface area contributed by atoms with Crippen molar-refractivity contribution >= 4 is 34.1 Å². The number of aromatic nitrogens is 2. The van der Waals surface area contributed by atoms with Gasteiger partial charge >= 0.3 is 0 Å². The Hall–Kier alpha value is -3.21. The summed E-state index contributed by atoms with van der Waals surface area (Å²) >= 11 is 5.87. The molecule has 2 aliphatic rings. The number of carbonyl (C=O) groups is 1. The molecule has 5 rings (SSSR count). The Balaban J connectivity index is 1.16. The van der Waals surface area contributed by atoms with E-state index in [0.29, 0.717) is 50.0 Å². The SMILES string of the molecule is O=C(CNC1CCC(Oc2cc3cncnc3cc2OCNc2ccc(F)c(Cl)c2)CC1)N1CCOCC1. The number of anilines is 1. The Morgan fingerprint density at radius 3 is 2.74 bits per heavy atom. The molecule has 0 unspecified atom stereocenters. The number of amides is 1. The predicted octanol–water partition coefficient (Wildman–Crippen LogP) is 4.01. The average Bonchev–Trinajstić information content (AvgIpc) is 2.95. The van der Waals surface area contributed by atoms with E-state index in [-0.39, 0.29) is 29.8 Å². The summed E-state index contributed by atoms with van der Waals surface area (Å²) in [5.74, 6) is 0.818. The molecule has 1 aromatic heterocycles. The highest BCUT2D eigenvalue weighted by atomic mass is 35.5. The van der Waals surface area contributed by atoms with E-state index in [1.807, 2.05) is 17.0 Å². The molecule has 1 saturated heterocycles. The van der Waals surface area contributed by atoms with E-state index in [2.05, 4.69) is 20.6 Å². The largest absolute Gasteiger partial charge is 0.487 e. The van der Waals surface area contributed by atoms with Crippen LogP contribution in [0.4, 0.5) is 10.1 Å². The number of nitrogens with zero attached hydrogens (tertiary/aromatic N) is 3. The molecule has 0 radical (unpaired) electrons. The van der Waals surface area contributed by atoms with Gasteiger partial charge in [-0.15, -0.1) is 0 Å². The number of nitrogens with one attached hydrogen (secondary N) is 2. The number of halogens is 2. The third-order valence-electron chi connectivity index (χ3n) is 6.87. The molecular weight excluding hydrogens is 513 g/mol. The van der Waals surface area contributed by atoms with Gasteiger partial charge in [0, 0.05) is 42.5 Å². The highest BCUT2D eigenvalue weighted by molar-refractivity contribution is 6.31. The van der Waals surface area contributed by atoms with E-state index in [1.165, 1.54) is 18.5 Å². The van der Waals surface area contributed by atoms with Gasteiger partial charge in [-0.2, -0.15) is 0 Å². The summed E-state index contributed by atoms with van der Waals surface area (Å²) in [7, 11) is 0. The van der Waals surface area contributed by atoms with Crippen molar-refractivity contribution in [3.8, 4) is 11.5 Å². The number of hydrogen-bond donors (Lipinski definition) is 2. The standard InChI is InChI=1S/C27H31ClFN5O4/c28-22-12-20(3-6-23(22)29)33-17-37-25-13-24-18(14-30-16-32-24)11-26(25)38-21-4-1-19(2-5-21)31-15-27(35)34-7-9-36-10-8-34/h3,6,11-14,16,19,21,31,33H,1-2,4-5,7-10,15,17H2. The maximum atomic E-state index is 13.4. The molecule has 2 N–H and O–H groups in total. The van der Waals surface area contributed by atoms with Crippen LogP contribution in [0.3, 0.4) is 0 Å². The number of morpholine rings is 1. The van der Waals surface area contributed by atoms with Crippen LogP contribution in [0.1, 0.15) is 25.7 Å². The lowest BCUT2D eigenvalue weighted by molar-refractivity contribution is -0.134. The molecule has 1 saturated carbocycles. The fraction of sp³-hybridized carbons (Fsp3) is 0.444. The van der Waals surface area contributed by atoms with Crippen molar-refractivity contribution in [3.05, 3.63) is 53.7 Å². The zero-order valence-corrected chi connectivity index (χ0v) is 21.8. The van der Waals surface area contributed by atoms with Crippen LogP contribution in [-0.2, 0) is 9.53 Å². The second kappa shape index (κ2) is 12.6. The third kappa shape index (κ3) is 6.80. The van der Waals surface area contributed by atoms with Crippen LogP contribution in [0.2, 0.25) is 5.02 Å². The Bertz CT molecular complexity index is 1250. The van der Waals surface area contributed by atoms with Crippen LogP contribution in [0.5, 0.6) is 11.5 Å². The molecular formula is C27H31ClFN5O4. The minimum atomic E-state index is -0.475. The number of carbonyl (C=O) groups excluding carboxylic acids is 1. The number of benzene rings is 2.